The molecule has 6 N–H and O–H groups in total. The van der Waals surface area contributed by atoms with Crippen molar-refractivity contribution in [3.63, 3.8) is 0 Å². The lowest BCUT2D eigenvalue weighted by Gasteiger charge is -2.41. The second kappa shape index (κ2) is 34.9. The highest BCUT2D eigenvalue weighted by Crippen LogP contribution is 2.47. The molecule has 0 spiro atoms. The Morgan fingerprint density at radius 3 is 1.58 bits per heavy atom. The molecule has 0 aromatic rings. The van der Waals surface area contributed by atoms with Crippen molar-refractivity contribution in [2.24, 2.45) is 0 Å². The molecule has 0 bridgehead atoms. The second-order valence-corrected chi connectivity index (χ2v) is 16.2. The molecule has 57 heavy (non-hydrogen) atoms. The highest BCUT2D eigenvalue weighted by molar-refractivity contribution is 7.47. The molecule has 0 aromatic carbocycles. The van der Waals surface area contributed by atoms with E-state index in [0.29, 0.717) is 13.0 Å². The maximum absolute atomic E-state index is 12.8. The van der Waals surface area contributed by atoms with E-state index in [0.717, 1.165) is 83.5 Å². The third-order valence-electron chi connectivity index (χ3n) is 9.65. The van der Waals surface area contributed by atoms with Crippen LogP contribution >= 0.6 is 7.82 Å². The normalized spacial score (nSPS) is 23.4. The summed E-state index contributed by atoms with van der Waals surface area (Å²) < 4.78 is 34.0. The lowest BCUT2D eigenvalue weighted by Crippen LogP contribution is -2.64. The largest absolute Gasteiger partial charge is 0.472 e. The Kier molecular flexibility index (Phi) is 32.4. The predicted molar refractivity (Wildman–Crippen MR) is 225 cm³/mol. The summed E-state index contributed by atoms with van der Waals surface area (Å²) in [7, 11) is -5.02. The van der Waals surface area contributed by atoms with Gasteiger partial charge in [-0.25, -0.2) is 4.57 Å². The molecule has 0 heterocycles. The zero-order chi connectivity index (χ0) is 42.0. The van der Waals surface area contributed by atoms with Crippen LogP contribution in [0.15, 0.2) is 60.8 Å². The number of allylic oxidation sites excluding steroid dienone is 10. The number of hydrogen-bond acceptors (Lipinski definition) is 11. The number of phosphoric ester groups is 1. The van der Waals surface area contributed by atoms with Gasteiger partial charge >= 0.3 is 13.8 Å². The molecular formula is C44H77O12P. The number of aliphatic hydroxyl groups excluding tert-OH is 5. The topological polar surface area (TPSA) is 192 Å². The molecule has 0 aliphatic heterocycles. The van der Waals surface area contributed by atoms with Crippen molar-refractivity contribution in [3.05, 3.63) is 60.8 Å². The molecule has 0 saturated heterocycles. The van der Waals surface area contributed by atoms with E-state index >= 15 is 0 Å². The van der Waals surface area contributed by atoms with Crippen LogP contribution in [0.3, 0.4) is 0 Å². The highest BCUT2D eigenvalue weighted by atomic mass is 31.2. The minimum Gasteiger partial charge on any atom is -0.457 e. The zero-order valence-electron chi connectivity index (χ0n) is 34.9. The van der Waals surface area contributed by atoms with Crippen molar-refractivity contribution >= 4 is 13.8 Å². The fourth-order valence-corrected chi connectivity index (χ4v) is 7.18. The number of ether oxygens (including phenoxy) is 2. The first-order valence-corrected chi connectivity index (χ1v) is 23.1. The molecule has 1 aliphatic rings. The number of phosphoric acid groups is 1. The number of hydrogen-bond donors (Lipinski definition) is 6. The van der Waals surface area contributed by atoms with E-state index in [2.05, 4.69) is 74.6 Å². The maximum atomic E-state index is 12.8. The molecule has 13 heteroatoms. The molecule has 1 saturated carbocycles. The molecular weight excluding hydrogens is 751 g/mol. The first kappa shape index (κ1) is 53.1. The van der Waals surface area contributed by atoms with Crippen molar-refractivity contribution < 1.29 is 58.3 Å². The summed E-state index contributed by atoms with van der Waals surface area (Å²) in [5.74, 6) is -0.499. The predicted octanol–water partition coefficient (Wildman–Crippen LogP) is 8.25. The van der Waals surface area contributed by atoms with E-state index in [1.165, 1.54) is 38.5 Å². The quantitative estimate of drug-likeness (QED) is 0.0155. The Hall–Kier alpha value is -1.96. The summed E-state index contributed by atoms with van der Waals surface area (Å²) in [6.07, 6.45) is 30.1. The minimum absolute atomic E-state index is 0.0865. The molecule has 6 atom stereocenters. The van der Waals surface area contributed by atoms with Gasteiger partial charge in [-0.2, -0.15) is 0 Å². The average molecular weight is 829 g/mol. The van der Waals surface area contributed by atoms with Crippen molar-refractivity contribution in [1.29, 1.82) is 0 Å². The average Bonchev–Trinajstić information content (AvgIpc) is 3.19. The van der Waals surface area contributed by atoms with Crippen LogP contribution in [0.1, 0.15) is 149 Å². The zero-order valence-corrected chi connectivity index (χ0v) is 35.8. The van der Waals surface area contributed by atoms with E-state index in [-0.39, 0.29) is 13.0 Å². The fourth-order valence-electron chi connectivity index (χ4n) is 6.20. The molecule has 330 valence electrons. The first-order chi connectivity index (χ1) is 27.5. The smallest absolute Gasteiger partial charge is 0.457 e. The third-order valence-corrected chi connectivity index (χ3v) is 10.6. The number of carbonyl (C=O) groups excluding carboxylic acids is 1. The number of esters is 1. The van der Waals surface area contributed by atoms with Gasteiger partial charge in [0.15, 0.2) is 0 Å². The number of aliphatic hydroxyl groups is 5. The Balaban J connectivity index is 2.40. The van der Waals surface area contributed by atoms with Gasteiger partial charge in [-0.1, -0.05) is 145 Å². The summed E-state index contributed by atoms with van der Waals surface area (Å²) in [5.41, 5.74) is 0. The molecule has 0 radical (unpaired) electrons. The number of carbonyl (C=O) groups is 1. The molecule has 1 rings (SSSR count). The van der Waals surface area contributed by atoms with Gasteiger partial charge in [0.2, 0.25) is 0 Å². The number of unbranched alkanes of at least 4 members (excludes halogenated alkanes) is 13. The third kappa shape index (κ3) is 27.4. The Morgan fingerprint density at radius 1 is 0.579 bits per heavy atom. The second-order valence-electron chi connectivity index (χ2n) is 14.8. The summed E-state index contributed by atoms with van der Waals surface area (Å²) in [4.78, 5) is 23.1. The molecule has 12 nitrogen and oxygen atoms in total. The lowest BCUT2D eigenvalue weighted by molar-refractivity contribution is -0.220. The van der Waals surface area contributed by atoms with E-state index in [1.807, 2.05) is 0 Å². The Bertz CT molecular complexity index is 1170. The molecule has 0 amide bonds. The van der Waals surface area contributed by atoms with Crippen molar-refractivity contribution in [2.75, 3.05) is 19.8 Å². The van der Waals surface area contributed by atoms with Crippen LogP contribution in [0, 0.1) is 0 Å². The molecule has 1 aliphatic carbocycles. The van der Waals surface area contributed by atoms with E-state index in [1.54, 1.807) is 0 Å². The van der Waals surface area contributed by atoms with Crippen molar-refractivity contribution in [2.45, 2.75) is 191 Å². The molecule has 1 fully saturated rings. The fraction of sp³-hybridized carbons (Fsp3) is 0.750. The van der Waals surface area contributed by atoms with Gasteiger partial charge < -0.3 is 39.9 Å². The Morgan fingerprint density at radius 2 is 1.04 bits per heavy atom. The van der Waals surface area contributed by atoms with Gasteiger partial charge in [-0.15, -0.1) is 0 Å². The van der Waals surface area contributed by atoms with Crippen LogP contribution in [-0.4, -0.2) is 98.9 Å². The SMILES string of the molecule is CC/C=C\C/C=C\C/C=C\C/C=C\C/C=C\CCCCCCCC(=O)OC(COCCCCCCCCCCC)COP(=O)(O)OC1C(O)C(O)C(O)C(O)C1O. The Labute approximate surface area is 343 Å². The summed E-state index contributed by atoms with van der Waals surface area (Å²) in [6.45, 7) is 4.08. The minimum atomic E-state index is -5.02. The van der Waals surface area contributed by atoms with E-state index in [4.69, 9.17) is 18.5 Å². The van der Waals surface area contributed by atoms with Crippen LogP contribution in [0.4, 0.5) is 0 Å². The number of rotatable bonds is 35. The van der Waals surface area contributed by atoms with Crippen molar-refractivity contribution in [1.82, 2.24) is 0 Å². The van der Waals surface area contributed by atoms with Crippen molar-refractivity contribution in [3.8, 4) is 0 Å². The standard InChI is InChI=1S/C44H77O12P/c1-3-5-7-9-11-13-14-15-16-17-18-19-20-21-22-23-24-25-27-29-31-33-38(45)55-37(35-53-34-32-30-28-26-12-10-8-6-4-2)36-54-57(51,52)56-44-42(49)40(47)39(46)41(48)43(44)50/h5,7,11,13,15-16,18-19,21-22,37,39-44,46-50H,3-4,6,8-10,12,14,17,20,23-36H2,1-2H3,(H,51,52)/b7-5-,13-11-,16-15-,19-18-,22-21-. The summed E-state index contributed by atoms with van der Waals surface area (Å²) in [6, 6.07) is 0. The van der Waals surface area contributed by atoms with Crippen LogP contribution in [-0.2, 0) is 27.9 Å². The molecule has 6 unspecified atom stereocenters. The van der Waals surface area contributed by atoms with Gasteiger partial charge in [0, 0.05) is 13.0 Å². The summed E-state index contributed by atoms with van der Waals surface area (Å²) >= 11 is 0. The molecule has 0 aromatic heterocycles. The van der Waals surface area contributed by atoms with Crippen LogP contribution in [0.25, 0.3) is 0 Å². The van der Waals surface area contributed by atoms with Gasteiger partial charge in [0.05, 0.1) is 13.2 Å². The van der Waals surface area contributed by atoms with Gasteiger partial charge in [-0.05, 0) is 57.8 Å². The van der Waals surface area contributed by atoms with Gasteiger partial charge in [-0.3, -0.25) is 13.8 Å². The first-order valence-electron chi connectivity index (χ1n) is 21.6. The van der Waals surface area contributed by atoms with E-state index < -0.39 is 63.1 Å². The summed E-state index contributed by atoms with van der Waals surface area (Å²) in [5, 5.41) is 50.0. The maximum Gasteiger partial charge on any atom is 0.472 e. The van der Waals surface area contributed by atoms with Crippen LogP contribution in [0.2, 0.25) is 0 Å². The monoisotopic (exact) mass is 829 g/mol. The van der Waals surface area contributed by atoms with Gasteiger partial charge in [0.25, 0.3) is 0 Å². The van der Waals surface area contributed by atoms with Crippen LogP contribution in [0.5, 0.6) is 0 Å². The highest BCUT2D eigenvalue weighted by Gasteiger charge is 2.51. The lowest BCUT2D eigenvalue weighted by atomic mass is 9.85. The van der Waals surface area contributed by atoms with Crippen LogP contribution < -0.4 is 0 Å². The van der Waals surface area contributed by atoms with Gasteiger partial charge in [0.1, 0.15) is 42.7 Å². The van der Waals surface area contributed by atoms with E-state index in [9.17, 15) is 39.8 Å².